The lowest BCUT2D eigenvalue weighted by Gasteiger charge is -2.26. The second-order valence-electron chi connectivity index (χ2n) is 20.5. The van der Waals surface area contributed by atoms with E-state index in [-0.39, 0.29) is 38.6 Å². The highest BCUT2D eigenvalue weighted by molar-refractivity contribution is 5.70. The Hall–Kier alpha value is -3.79. The van der Waals surface area contributed by atoms with Crippen molar-refractivity contribution in [1.82, 2.24) is 0 Å². The highest BCUT2D eigenvalue weighted by Crippen LogP contribution is 2.15. The lowest BCUT2D eigenvalue weighted by molar-refractivity contribution is -0.870. The van der Waals surface area contributed by atoms with Gasteiger partial charge in [0.25, 0.3) is 0 Å². The van der Waals surface area contributed by atoms with Crippen LogP contribution in [0.3, 0.4) is 0 Å². The number of carbonyl (C=O) groups excluding carboxylic acids is 3. The molecule has 9 nitrogen and oxygen atoms in total. The van der Waals surface area contributed by atoms with Gasteiger partial charge in [-0.05, 0) is 96.3 Å². The molecule has 0 aromatic carbocycles. The number of likely N-dealkylation sites (N-methyl/N-ethyl adjacent to an activating group) is 1. The van der Waals surface area contributed by atoms with Gasteiger partial charge in [0.05, 0.1) is 40.3 Å². The first kappa shape index (κ1) is 69.2. The first-order valence-corrected chi connectivity index (χ1v) is 29.4. The molecule has 0 N–H and O–H groups in total. The van der Waals surface area contributed by atoms with Crippen LogP contribution in [0.25, 0.3) is 0 Å². The third-order valence-corrected chi connectivity index (χ3v) is 12.3. The van der Waals surface area contributed by atoms with E-state index in [1.54, 1.807) is 0 Å². The van der Waals surface area contributed by atoms with E-state index in [0.717, 1.165) is 89.9 Å². The van der Waals surface area contributed by atoms with E-state index in [0.29, 0.717) is 17.4 Å². The Bertz CT molecular complexity index is 1520. The van der Waals surface area contributed by atoms with Gasteiger partial charge < -0.3 is 33.3 Å². The third kappa shape index (κ3) is 55.8. The Labute approximate surface area is 448 Å². The molecule has 0 saturated carbocycles. The van der Waals surface area contributed by atoms with Crippen molar-refractivity contribution < 1.29 is 42.9 Å². The number of carbonyl (C=O) groups is 3. The lowest BCUT2D eigenvalue weighted by Crippen LogP contribution is -2.44. The van der Waals surface area contributed by atoms with Gasteiger partial charge in [0.2, 0.25) is 0 Å². The van der Waals surface area contributed by atoms with Crippen LogP contribution < -0.4 is 5.11 Å². The topological polar surface area (TPSA) is 111 Å². The van der Waals surface area contributed by atoms with Crippen LogP contribution in [-0.2, 0) is 33.3 Å². The molecule has 418 valence electrons. The van der Waals surface area contributed by atoms with E-state index < -0.39 is 24.3 Å². The van der Waals surface area contributed by atoms with E-state index in [1.807, 2.05) is 21.1 Å². The molecule has 0 aliphatic heterocycles. The van der Waals surface area contributed by atoms with Crippen LogP contribution in [0, 0.1) is 0 Å². The number of allylic oxidation sites excluding steroid dienone is 16. The standard InChI is InChI=1S/C64H109NO8/c1-6-8-10-12-14-16-18-20-22-24-26-28-30-31-33-34-36-38-40-42-44-46-48-50-52-54-61(66)71-58-60(59-72-64(63(68)69)70-57-56-65(3,4)5)73-62(67)55-53-51-49-47-45-43-41-39-37-35-32-29-27-25-23-21-19-17-15-13-11-9-7-2/h9,11,15,17-18,20-21,23-24,26-27,29,35,37,41,43,60,64H,6-8,10,12-14,16,19,22,25,28,30-34,36,38-40,42,44-59H2,1-5H3/b11-9-,17-15-,20-18-,23-21-,26-24-,29-27-,37-35-,43-41-. The number of quaternary nitrogens is 1. The first-order valence-electron chi connectivity index (χ1n) is 29.4. The Balaban J connectivity index is 4.31. The van der Waals surface area contributed by atoms with Crippen LogP contribution in [-0.4, -0.2) is 82.3 Å². The molecular weight excluding hydrogens is 911 g/mol. The summed E-state index contributed by atoms with van der Waals surface area (Å²) in [7, 11) is 5.91. The summed E-state index contributed by atoms with van der Waals surface area (Å²) >= 11 is 0. The fourth-order valence-corrected chi connectivity index (χ4v) is 7.80. The molecule has 0 rings (SSSR count). The number of nitrogens with zero attached hydrogens (tertiary/aromatic N) is 1. The van der Waals surface area contributed by atoms with Crippen molar-refractivity contribution >= 4 is 17.9 Å². The lowest BCUT2D eigenvalue weighted by atomic mass is 10.0. The summed E-state index contributed by atoms with van der Waals surface area (Å²) in [6.45, 7) is 4.59. The van der Waals surface area contributed by atoms with E-state index in [1.165, 1.54) is 109 Å². The van der Waals surface area contributed by atoms with Crippen LogP contribution in [0.5, 0.6) is 0 Å². The first-order chi connectivity index (χ1) is 35.6. The SMILES string of the molecule is CC/C=C\C/C=C\C/C=C\C/C=C\C/C=C\C/C=C\CCCCCCC(=O)OC(COC(=O)CCCCCCCCCCCCCCC/C=C\C/C=C\CCCCCCC)COC(OCC[N+](C)(C)C)C(=O)[O-]. The normalized spacial score (nSPS) is 13.5. The number of aliphatic carboxylic acids is 1. The van der Waals surface area contributed by atoms with Gasteiger partial charge in [-0.15, -0.1) is 0 Å². The number of esters is 2. The maximum Gasteiger partial charge on any atom is 0.306 e. The maximum absolute atomic E-state index is 12.9. The second-order valence-corrected chi connectivity index (χ2v) is 20.5. The van der Waals surface area contributed by atoms with Crippen molar-refractivity contribution in [2.75, 3.05) is 47.5 Å². The molecule has 0 radical (unpaired) electrons. The zero-order chi connectivity index (χ0) is 53.4. The Morgan fingerprint density at radius 2 is 0.781 bits per heavy atom. The molecule has 0 fully saturated rings. The van der Waals surface area contributed by atoms with Crippen LogP contribution in [0.2, 0.25) is 0 Å². The van der Waals surface area contributed by atoms with Crippen LogP contribution in [0.1, 0.15) is 232 Å². The van der Waals surface area contributed by atoms with Gasteiger partial charge in [0.1, 0.15) is 13.2 Å². The minimum atomic E-state index is -1.63. The minimum absolute atomic E-state index is 0.137. The molecule has 2 atom stereocenters. The largest absolute Gasteiger partial charge is 0.545 e. The van der Waals surface area contributed by atoms with Crippen molar-refractivity contribution in [3.05, 3.63) is 97.2 Å². The van der Waals surface area contributed by atoms with Gasteiger partial charge in [-0.2, -0.15) is 0 Å². The van der Waals surface area contributed by atoms with Crippen LogP contribution >= 0.6 is 0 Å². The molecule has 0 aromatic heterocycles. The van der Waals surface area contributed by atoms with Crippen LogP contribution in [0.4, 0.5) is 0 Å². The highest BCUT2D eigenvalue weighted by atomic mass is 16.7. The molecule has 0 aliphatic rings. The van der Waals surface area contributed by atoms with Crippen molar-refractivity contribution in [2.24, 2.45) is 0 Å². The average molecular weight is 1020 g/mol. The van der Waals surface area contributed by atoms with Crippen molar-refractivity contribution in [2.45, 2.75) is 245 Å². The van der Waals surface area contributed by atoms with Gasteiger partial charge >= 0.3 is 11.9 Å². The van der Waals surface area contributed by atoms with E-state index in [9.17, 15) is 19.5 Å². The maximum atomic E-state index is 12.9. The molecule has 9 heteroatoms. The molecule has 0 saturated heterocycles. The van der Waals surface area contributed by atoms with Gasteiger partial charge in [0, 0.05) is 12.8 Å². The highest BCUT2D eigenvalue weighted by Gasteiger charge is 2.22. The number of hydrogen-bond donors (Lipinski definition) is 0. The molecule has 0 heterocycles. The molecule has 0 amide bonds. The number of carboxylic acids is 1. The van der Waals surface area contributed by atoms with Gasteiger partial charge in [0.15, 0.2) is 12.4 Å². The van der Waals surface area contributed by atoms with E-state index >= 15 is 0 Å². The van der Waals surface area contributed by atoms with Gasteiger partial charge in [-0.3, -0.25) is 9.59 Å². The molecule has 2 unspecified atom stereocenters. The summed E-state index contributed by atoms with van der Waals surface area (Å²) in [4.78, 5) is 37.3. The fourth-order valence-electron chi connectivity index (χ4n) is 7.80. The predicted octanol–water partition coefficient (Wildman–Crippen LogP) is 16.0. The summed E-state index contributed by atoms with van der Waals surface area (Å²) in [5.74, 6) is -2.32. The zero-order valence-corrected chi connectivity index (χ0v) is 47.5. The van der Waals surface area contributed by atoms with Crippen LogP contribution in [0.15, 0.2) is 97.2 Å². The number of rotatable bonds is 53. The van der Waals surface area contributed by atoms with Crippen molar-refractivity contribution in [3.63, 3.8) is 0 Å². The molecule has 0 aromatic rings. The molecule has 73 heavy (non-hydrogen) atoms. The van der Waals surface area contributed by atoms with Crippen molar-refractivity contribution in [3.8, 4) is 0 Å². The second kappa shape index (κ2) is 54.5. The monoisotopic (exact) mass is 1020 g/mol. The summed E-state index contributed by atoms with van der Waals surface area (Å²) in [5, 5.41) is 11.8. The number of carboxylic acid groups (broad SMARTS) is 1. The van der Waals surface area contributed by atoms with E-state index in [2.05, 4.69) is 111 Å². The number of ether oxygens (including phenoxy) is 4. The molecule has 0 bridgehead atoms. The van der Waals surface area contributed by atoms with Crippen molar-refractivity contribution in [1.29, 1.82) is 0 Å². The molecular formula is C64H109NO8. The average Bonchev–Trinajstić information content (AvgIpc) is 3.36. The summed E-state index contributed by atoms with van der Waals surface area (Å²) in [5.41, 5.74) is 0. The molecule has 0 spiro atoms. The fraction of sp³-hybridized carbons (Fsp3) is 0.703. The van der Waals surface area contributed by atoms with E-state index in [4.69, 9.17) is 18.9 Å². The zero-order valence-electron chi connectivity index (χ0n) is 47.5. The quantitative estimate of drug-likeness (QED) is 0.0195. The Morgan fingerprint density at radius 3 is 1.16 bits per heavy atom. The minimum Gasteiger partial charge on any atom is -0.545 e. The summed E-state index contributed by atoms with van der Waals surface area (Å²) in [6, 6.07) is 0. The van der Waals surface area contributed by atoms with Gasteiger partial charge in [-0.1, -0.05) is 220 Å². The number of hydrogen-bond acceptors (Lipinski definition) is 8. The Kier molecular flexibility index (Phi) is 51.6. The predicted molar refractivity (Wildman–Crippen MR) is 306 cm³/mol. The Morgan fingerprint density at radius 1 is 0.425 bits per heavy atom. The molecule has 0 aliphatic carbocycles. The third-order valence-electron chi connectivity index (χ3n) is 12.3. The van der Waals surface area contributed by atoms with Gasteiger partial charge in [-0.25, -0.2) is 0 Å². The summed E-state index contributed by atoms with van der Waals surface area (Å²) in [6.07, 6.45) is 70.2. The summed E-state index contributed by atoms with van der Waals surface area (Å²) < 4.78 is 22.7. The number of unbranched alkanes of at least 4 members (excludes halogenated alkanes) is 22. The smallest absolute Gasteiger partial charge is 0.306 e.